The average molecular weight is 588 g/mol. The summed E-state index contributed by atoms with van der Waals surface area (Å²) in [5.74, 6) is 0.118. The van der Waals surface area contributed by atoms with Crippen molar-refractivity contribution in [1.82, 2.24) is 14.8 Å². The molecule has 2 saturated heterocycles. The molecule has 1 aromatic heterocycles. The van der Waals surface area contributed by atoms with Gasteiger partial charge >= 0.3 is 12.1 Å². The third-order valence-electron chi connectivity index (χ3n) is 8.03. The van der Waals surface area contributed by atoms with Crippen molar-refractivity contribution in [3.63, 3.8) is 0 Å². The fourth-order valence-electron chi connectivity index (χ4n) is 5.64. The predicted octanol–water partition coefficient (Wildman–Crippen LogP) is 5.14. The number of Topliss-reactive ketones (excluding diaryl/α,β-unsaturated/α-hetero) is 1. The molecule has 2 atom stereocenters. The lowest BCUT2D eigenvalue weighted by atomic mass is 9.84. The number of ketones is 1. The number of piperidine rings is 2. The quantitative estimate of drug-likeness (QED) is 0.309. The Kier molecular flexibility index (Phi) is 12.6. The van der Waals surface area contributed by atoms with Crippen LogP contribution in [0.4, 0.5) is 4.79 Å². The molecular formula is C32H49N3O7. The van der Waals surface area contributed by atoms with Crippen LogP contribution in [0.15, 0.2) is 18.5 Å². The number of aromatic nitrogens is 1. The fraction of sp³-hybridized carbons (Fsp3) is 0.719. The minimum atomic E-state index is -0.512. The first-order valence-electron chi connectivity index (χ1n) is 15.4. The maximum Gasteiger partial charge on any atom is 0.410 e. The Bertz CT molecular complexity index is 1060. The molecule has 0 radical (unpaired) electrons. The van der Waals surface area contributed by atoms with E-state index in [2.05, 4.69) is 4.98 Å². The molecule has 10 nitrogen and oxygen atoms in total. The summed E-state index contributed by atoms with van der Waals surface area (Å²) in [6.45, 7) is 10.5. The molecule has 3 heterocycles. The van der Waals surface area contributed by atoms with Crippen LogP contribution in [0.1, 0.15) is 97.0 Å². The van der Waals surface area contributed by atoms with Crippen LogP contribution in [0.25, 0.3) is 0 Å². The number of rotatable bonds is 12. The molecule has 0 spiro atoms. The summed E-state index contributed by atoms with van der Waals surface area (Å²) in [6, 6.07) is 1.85. The van der Waals surface area contributed by atoms with E-state index >= 15 is 0 Å². The molecule has 2 aliphatic heterocycles. The molecule has 0 bridgehead atoms. The summed E-state index contributed by atoms with van der Waals surface area (Å²) in [6.07, 6.45) is 8.58. The summed E-state index contributed by atoms with van der Waals surface area (Å²) in [5.41, 5.74) is 0.255. The first-order valence-corrected chi connectivity index (χ1v) is 15.4. The van der Waals surface area contributed by atoms with Crippen molar-refractivity contribution in [1.29, 1.82) is 0 Å². The second-order valence-electron chi connectivity index (χ2n) is 12.6. The zero-order chi connectivity index (χ0) is 30.7. The topological polar surface area (TPSA) is 115 Å². The lowest BCUT2D eigenvalue weighted by Crippen LogP contribution is -2.43. The second kappa shape index (κ2) is 15.9. The monoisotopic (exact) mass is 587 g/mol. The lowest BCUT2D eigenvalue weighted by Gasteiger charge is -2.35. The molecular weight excluding hydrogens is 538 g/mol. The van der Waals surface area contributed by atoms with Crippen molar-refractivity contribution in [3.8, 4) is 5.75 Å². The molecule has 1 aromatic rings. The van der Waals surface area contributed by atoms with E-state index in [0.717, 1.165) is 44.1 Å². The minimum Gasteiger partial charge on any atom is -0.492 e. The normalized spacial score (nSPS) is 18.7. The number of hydrogen-bond acceptors (Lipinski definition) is 8. The summed E-state index contributed by atoms with van der Waals surface area (Å²) >= 11 is 0. The summed E-state index contributed by atoms with van der Waals surface area (Å²) in [4.78, 5) is 59.0. The van der Waals surface area contributed by atoms with E-state index in [1.54, 1.807) is 17.3 Å². The Morgan fingerprint density at radius 2 is 1.76 bits per heavy atom. The summed E-state index contributed by atoms with van der Waals surface area (Å²) < 4.78 is 16.1. The molecule has 2 amide bonds. The number of esters is 1. The van der Waals surface area contributed by atoms with Gasteiger partial charge in [0.1, 0.15) is 17.1 Å². The van der Waals surface area contributed by atoms with Crippen LogP contribution in [0, 0.1) is 11.8 Å². The third-order valence-corrected chi connectivity index (χ3v) is 8.03. The van der Waals surface area contributed by atoms with Crippen LogP contribution in [-0.2, 0) is 23.9 Å². The van der Waals surface area contributed by atoms with E-state index in [1.165, 1.54) is 7.11 Å². The molecule has 1 unspecified atom stereocenters. The highest BCUT2D eigenvalue weighted by Gasteiger charge is 2.32. The smallest absolute Gasteiger partial charge is 0.410 e. The Hall–Kier alpha value is -3.17. The van der Waals surface area contributed by atoms with Crippen molar-refractivity contribution in [2.45, 2.75) is 97.0 Å². The van der Waals surface area contributed by atoms with E-state index in [-0.39, 0.29) is 48.4 Å². The highest BCUT2D eigenvalue weighted by molar-refractivity contribution is 5.84. The van der Waals surface area contributed by atoms with Gasteiger partial charge < -0.3 is 24.0 Å². The molecule has 2 fully saturated rings. The van der Waals surface area contributed by atoms with Gasteiger partial charge in [-0.05, 0) is 76.8 Å². The van der Waals surface area contributed by atoms with Crippen LogP contribution >= 0.6 is 0 Å². The Morgan fingerprint density at radius 1 is 1.02 bits per heavy atom. The maximum atomic E-state index is 13.5. The molecule has 10 heteroatoms. The zero-order valence-corrected chi connectivity index (χ0v) is 26.1. The fourth-order valence-corrected chi connectivity index (χ4v) is 5.64. The van der Waals surface area contributed by atoms with Crippen LogP contribution in [0.2, 0.25) is 0 Å². The molecule has 0 aromatic carbocycles. The molecule has 234 valence electrons. The van der Waals surface area contributed by atoms with Gasteiger partial charge in [-0.25, -0.2) is 4.79 Å². The lowest BCUT2D eigenvalue weighted by molar-refractivity contribution is -0.141. The van der Waals surface area contributed by atoms with Crippen LogP contribution in [0.5, 0.6) is 5.75 Å². The number of amides is 2. The number of nitrogens with zero attached hydrogens (tertiary/aromatic N) is 3. The van der Waals surface area contributed by atoms with Gasteiger partial charge in [0.05, 0.1) is 26.3 Å². The van der Waals surface area contributed by atoms with Gasteiger partial charge in [-0.3, -0.25) is 19.4 Å². The van der Waals surface area contributed by atoms with Crippen LogP contribution in [0.3, 0.4) is 0 Å². The average Bonchev–Trinajstić information content (AvgIpc) is 2.97. The molecule has 0 saturated carbocycles. The van der Waals surface area contributed by atoms with E-state index in [4.69, 9.17) is 14.2 Å². The highest BCUT2D eigenvalue weighted by Crippen LogP contribution is 2.30. The molecule has 3 rings (SSSR count). The standard InChI is InChI=1S/C32H49N3O7/c1-6-16-41-27-17-26(20-33-21-27)25(19-30(38)40-5)18-28(36)24-8-7-13-35(22-24)29(37)10-9-23-11-14-34(15-12-23)31(39)42-32(2,3)4/h17,20-21,23-25H,6-16,18-19,22H2,1-5H3/t24-,25?/m1/s1. The minimum absolute atomic E-state index is 0.0517. The SMILES string of the molecule is CCCOc1cncc(C(CC(=O)OC)CC(=O)[C@@H]2CCCN(C(=O)CCC3CCN(C(=O)OC(C)(C)C)CC3)C2)c1. The number of pyridine rings is 1. The predicted molar refractivity (Wildman–Crippen MR) is 158 cm³/mol. The number of likely N-dealkylation sites (tertiary alicyclic amines) is 2. The summed E-state index contributed by atoms with van der Waals surface area (Å²) in [7, 11) is 1.34. The number of carbonyl (C=O) groups excluding carboxylic acids is 4. The molecule has 0 aliphatic carbocycles. The van der Waals surface area contributed by atoms with Crippen molar-refractivity contribution >= 4 is 23.8 Å². The van der Waals surface area contributed by atoms with Crippen LogP contribution < -0.4 is 4.74 Å². The Morgan fingerprint density at radius 3 is 2.43 bits per heavy atom. The molecule has 0 N–H and O–H groups in total. The number of hydrogen-bond donors (Lipinski definition) is 0. The van der Waals surface area contributed by atoms with Gasteiger partial charge in [0, 0.05) is 57.1 Å². The van der Waals surface area contributed by atoms with Crippen LogP contribution in [-0.4, -0.2) is 84.0 Å². The van der Waals surface area contributed by atoms with Gasteiger partial charge in [0.25, 0.3) is 0 Å². The highest BCUT2D eigenvalue weighted by atomic mass is 16.6. The van der Waals surface area contributed by atoms with Crippen molar-refractivity contribution in [3.05, 3.63) is 24.0 Å². The largest absolute Gasteiger partial charge is 0.492 e. The summed E-state index contributed by atoms with van der Waals surface area (Å²) in [5, 5.41) is 0. The van der Waals surface area contributed by atoms with Crippen molar-refractivity contribution < 1.29 is 33.4 Å². The Labute approximate surface area is 250 Å². The van der Waals surface area contributed by atoms with Crippen molar-refractivity contribution in [2.24, 2.45) is 11.8 Å². The first kappa shape index (κ1) is 33.3. The van der Waals surface area contributed by atoms with E-state index in [1.807, 2.05) is 38.7 Å². The third kappa shape index (κ3) is 10.6. The first-order chi connectivity index (χ1) is 20.0. The van der Waals surface area contributed by atoms with E-state index in [0.29, 0.717) is 50.9 Å². The van der Waals surface area contributed by atoms with E-state index in [9.17, 15) is 19.2 Å². The maximum absolute atomic E-state index is 13.5. The molecule has 2 aliphatic rings. The second-order valence-corrected chi connectivity index (χ2v) is 12.6. The van der Waals surface area contributed by atoms with Gasteiger partial charge in [-0.2, -0.15) is 0 Å². The van der Waals surface area contributed by atoms with E-state index < -0.39 is 5.60 Å². The van der Waals surface area contributed by atoms with Gasteiger partial charge in [0.15, 0.2) is 0 Å². The number of carbonyl (C=O) groups is 4. The zero-order valence-electron chi connectivity index (χ0n) is 26.1. The Balaban J connectivity index is 1.51. The van der Waals surface area contributed by atoms with Crippen molar-refractivity contribution in [2.75, 3.05) is 39.9 Å². The molecule has 42 heavy (non-hydrogen) atoms. The van der Waals surface area contributed by atoms with Gasteiger partial charge in [0.2, 0.25) is 5.91 Å². The van der Waals surface area contributed by atoms with Gasteiger partial charge in [-0.15, -0.1) is 0 Å². The van der Waals surface area contributed by atoms with Gasteiger partial charge in [-0.1, -0.05) is 6.92 Å². The number of ether oxygens (including phenoxy) is 3. The number of methoxy groups -OCH3 is 1.